The number of alkyl carbamates (subject to hydrolysis) is 1. The Labute approximate surface area is 199 Å². The topological polar surface area (TPSA) is 120 Å². The number of pyridine rings is 1. The molecule has 4 rings (SSSR count). The Morgan fingerprint density at radius 2 is 2.06 bits per heavy atom. The fraction of sp³-hybridized carbons (Fsp3) is 0.261. The molecule has 3 aromatic heterocycles. The Balaban J connectivity index is 1.72. The third kappa shape index (κ3) is 4.32. The zero-order chi connectivity index (χ0) is 24.4. The van der Waals surface area contributed by atoms with E-state index in [-0.39, 0.29) is 24.6 Å². The maximum Gasteiger partial charge on any atom is 0.406 e. The molecule has 0 radical (unpaired) electrons. The van der Waals surface area contributed by atoms with Crippen LogP contribution in [0.1, 0.15) is 34.7 Å². The first kappa shape index (κ1) is 23.2. The monoisotopic (exact) mass is 482 g/mol. The van der Waals surface area contributed by atoms with Gasteiger partial charge < -0.3 is 19.9 Å². The van der Waals surface area contributed by atoms with E-state index >= 15 is 0 Å². The van der Waals surface area contributed by atoms with Gasteiger partial charge in [0.25, 0.3) is 11.5 Å². The molecule has 176 valence electrons. The number of carbonyl (C=O) groups is 2. The van der Waals surface area contributed by atoms with E-state index in [2.05, 4.69) is 25.5 Å². The molecule has 0 aliphatic heterocycles. The van der Waals surface area contributed by atoms with Crippen LogP contribution in [0.25, 0.3) is 16.4 Å². The van der Waals surface area contributed by atoms with Crippen molar-refractivity contribution >= 4 is 40.0 Å². The van der Waals surface area contributed by atoms with E-state index in [4.69, 9.17) is 11.6 Å². The summed E-state index contributed by atoms with van der Waals surface area (Å²) >= 11 is 6.31. The van der Waals surface area contributed by atoms with Gasteiger partial charge in [-0.15, -0.1) is 0 Å². The molecule has 0 spiro atoms. The van der Waals surface area contributed by atoms with Crippen LogP contribution >= 0.6 is 11.6 Å². The number of rotatable bonds is 6. The van der Waals surface area contributed by atoms with Gasteiger partial charge >= 0.3 is 6.09 Å². The maximum absolute atomic E-state index is 13.4. The Morgan fingerprint density at radius 1 is 1.26 bits per heavy atom. The zero-order valence-electron chi connectivity index (χ0n) is 18.8. The first-order valence-electron chi connectivity index (χ1n) is 10.6. The number of hydrogen-bond donors (Lipinski definition) is 2. The Morgan fingerprint density at radius 3 is 2.82 bits per heavy atom. The molecule has 34 heavy (non-hydrogen) atoms. The molecule has 11 heteroatoms. The van der Waals surface area contributed by atoms with Gasteiger partial charge in [0.05, 0.1) is 29.3 Å². The summed E-state index contributed by atoms with van der Waals surface area (Å²) in [4.78, 5) is 42.3. The minimum Gasteiger partial charge on any atom is -0.453 e. The average molecular weight is 483 g/mol. The first-order chi connectivity index (χ1) is 16.3. The maximum atomic E-state index is 13.4. The minimum atomic E-state index is -0.606. The van der Waals surface area contributed by atoms with Crippen LogP contribution in [0.5, 0.6) is 0 Å². The largest absolute Gasteiger partial charge is 0.453 e. The second kappa shape index (κ2) is 9.52. The number of methoxy groups -OCH3 is 1. The quantitative estimate of drug-likeness (QED) is 0.436. The molecular formula is C23H23ClN6O4. The van der Waals surface area contributed by atoms with Crippen LogP contribution in [0.15, 0.2) is 47.5 Å². The molecule has 0 aliphatic carbocycles. The summed E-state index contributed by atoms with van der Waals surface area (Å²) in [5, 5.41) is 11.2. The minimum absolute atomic E-state index is 0.146. The second-order valence-corrected chi connectivity index (χ2v) is 8.10. The van der Waals surface area contributed by atoms with Gasteiger partial charge in [0, 0.05) is 31.2 Å². The summed E-state index contributed by atoms with van der Waals surface area (Å²) in [6.07, 6.45) is 2.70. The van der Waals surface area contributed by atoms with Gasteiger partial charge in [-0.2, -0.15) is 5.10 Å². The molecule has 10 nitrogen and oxygen atoms in total. The van der Waals surface area contributed by atoms with E-state index in [0.29, 0.717) is 38.4 Å². The summed E-state index contributed by atoms with van der Waals surface area (Å²) in [6.45, 7) is 3.82. The molecule has 2 N–H and O–H groups in total. The van der Waals surface area contributed by atoms with Crippen LogP contribution in [0.4, 0.5) is 4.79 Å². The number of benzene rings is 1. The summed E-state index contributed by atoms with van der Waals surface area (Å²) in [7, 11) is 1.26. The Hall–Kier alpha value is -3.92. The standard InChI is InChI=1S/C23H23ClN6O4/c1-13(27-21(31)18-14(2)28-30-10-5-8-25-20(18)30)17-12-15-6-4-7-16(24)19(15)22(32)29(17)11-9-26-23(33)34-3/h4-8,10,12-13H,9,11H2,1-3H3,(H,26,33)(H,27,31)/t13-/m0/s1. The SMILES string of the molecule is COC(=O)NCCn1c([C@H](C)NC(=O)c2c(C)nn3cccnc23)cc2cccc(Cl)c2c1=O. The highest BCUT2D eigenvalue weighted by Crippen LogP contribution is 2.24. The second-order valence-electron chi connectivity index (χ2n) is 7.69. The average Bonchev–Trinajstić information content (AvgIpc) is 3.15. The zero-order valence-corrected chi connectivity index (χ0v) is 19.6. The smallest absolute Gasteiger partial charge is 0.406 e. The molecule has 0 aliphatic rings. The molecular weight excluding hydrogens is 460 g/mol. The van der Waals surface area contributed by atoms with Crippen LogP contribution in [-0.2, 0) is 11.3 Å². The van der Waals surface area contributed by atoms with Crippen molar-refractivity contribution in [2.75, 3.05) is 13.7 Å². The van der Waals surface area contributed by atoms with Crippen molar-refractivity contribution in [1.82, 2.24) is 29.8 Å². The molecule has 2 amide bonds. The van der Waals surface area contributed by atoms with Gasteiger partial charge in [-0.05, 0) is 37.4 Å². The van der Waals surface area contributed by atoms with Crippen LogP contribution in [0, 0.1) is 6.92 Å². The van der Waals surface area contributed by atoms with Crippen molar-refractivity contribution < 1.29 is 14.3 Å². The third-order valence-corrected chi connectivity index (χ3v) is 5.81. The molecule has 0 unspecified atom stereocenters. The first-order valence-corrected chi connectivity index (χ1v) is 10.9. The fourth-order valence-electron chi connectivity index (χ4n) is 3.91. The number of amides is 2. The van der Waals surface area contributed by atoms with E-state index in [9.17, 15) is 14.4 Å². The Bertz CT molecular complexity index is 1460. The Kier molecular flexibility index (Phi) is 6.51. The lowest BCUT2D eigenvalue weighted by Crippen LogP contribution is -2.36. The lowest BCUT2D eigenvalue weighted by molar-refractivity contribution is 0.0939. The molecule has 0 bridgehead atoms. The number of ether oxygens (including phenoxy) is 1. The van der Waals surface area contributed by atoms with Crippen molar-refractivity contribution in [2.45, 2.75) is 26.4 Å². The van der Waals surface area contributed by atoms with Gasteiger partial charge in [0.2, 0.25) is 0 Å². The number of aromatic nitrogens is 4. The van der Waals surface area contributed by atoms with Crippen molar-refractivity contribution in [3.05, 3.63) is 75.1 Å². The van der Waals surface area contributed by atoms with Gasteiger partial charge in [-0.1, -0.05) is 23.7 Å². The van der Waals surface area contributed by atoms with Gasteiger partial charge in [-0.25, -0.2) is 14.3 Å². The fourth-order valence-corrected chi connectivity index (χ4v) is 4.18. The number of carbonyl (C=O) groups excluding carboxylic acids is 2. The summed E-state index contributed by atoms with van der Waals surface area (Å²) in [5.74, 6) is -0.364. The lowest BCUT2D eigenvalue weighted by Gasteiger charge is -2.21. The molecule has 0 saturated heterocycles. The predicted octanol–water partition coefficient (Wildman–Crippen LogP) is 2.85. The summed E-state index contributed by atoms with van der Waals surface area (Å²) < 4.78 is 7.64. The van der Waals surface area contributed by atoms with Crippen LogP contribution in [0.3, 0.4) is 0 Å². The van der Waals surface area contributed by atoms with Crippen molar-refractivity contribution in [2.24, 2.45) is 0 Å². The van der Waals surface area contributed by atoms with Crippen molar-refractivity contribution in [3.63, 3.8) is 0 Å². The van der Waals surface area contributed by atoms with Gasteiger partial charge in [0.1, 0.15) is 5.56 Å². The molecule has 3 heterocycles. The highest BCUT2D eigenvalue weighted by Gasteiger charge is 2.23. The number of hydrogen-bond acceptors (Lipinski definition) is 6. The molecule has 0 fully saturated rings. The van der Waals surface area contributed by atoms with E-state index in [1.807, 2.05) is 6.07 Å². The van der Waals surface area contributed by atoms with Crippen LogP contribution in [0.2, 0.25) is 5.02 Å². The van der Waals surface area contributed by atoms with E-state index in [1.54, 1.807) is 55.0 Å². The number of halogens is 1. The van der Waals surface area contributed by atoms with Crippen LogP contribution < -0.4 is 16.2 Å². The van der Waals surface area contributed by atoms with Crippen LogP contribution in [-0.4, -0.2) is 44.8 Å². The molecule has 1 atom stereocenters. The lowest BCUT2D eigenvalue weighted by atomic mass is 10.1. The summed E-state index contributed by atoms with van der Waals surface area (Å²) in [5.41, 5.74) is 1.57. The van der Waals surface area contributed by atoms with Gasteiger partial charge in [-0.3, -0.25) is 9.59 Å². The van der Waals surface area contributed by atoms with Crippen molar-refractivity contribution in [3.8, 4) is 0 Å². The summed E-state index contributed by atoms with van der Waals surface area (Å²) in [6, 6.07) is 8.18. The molecule has 4 aromatic rings. The highest BCUT2D eigenvalue weighted by atomic mass is 35.5. The van der Waals surface area contributed by atoms with E-state index in [0.717, 1.165) is 0 Å². The number of nitrogens with one attached hydrogen (secondary N) is 2. The van der Waals surface area contributed by atoms with Crippen molar-refractivity contribution in [1.29, 1.82) is 0 Å². The number of fused-ring (bicyclic) bond motifs is 2. The number of nitrogens with zero attached hydrogens (tertiary/aromatic N) is 4. The number of aryl methyl sites for hydroxylation is 1. The van der Waals surface area contributed by atoms with E-state index < -0.39 is 12.1 Å². The normalized spacial score (nSPS) is 12.0. The van der Waals surface area contributed by atoms with E-state index in [1.165, 1.54) is 11.7 Å². The highest BCUT2D eigenvalue weighted by molar-refractivity contribution is 6.35. The molecule has 1 aromatic carbocycles. The third-order valence-electron chi connectivity index (χ3n) is 5.50. The predicted molar refractivity (Wildman–Crippen MR) is 127 cm³/mol. The molecule has 0 saturated carbocycles. The van der Waals surface area contributed by atoms with Gasteiger partial charge in [0.15, 0.2) is 5.65 Å².